The summed E-state index contributed by atoms with van der Waals surface area (Å²) in [5.74, 6) is -1.74. The van der Waals surface area contributed by atoms with Crippen LogP contribution in [0.15, 0.2) is 0 Å². The second-order valence-electron chi connectivity index (χ2n) is 2.07. The van der Waals surface area contributed by atoms with Crippen LogP contribution in [0.3, 0.4) is 0 Å². The first-order valence-corrected chi connectivity index (χ1v) is 3.63. The first kappa shape index (κ1) is 9.72. The standard InChI is InChI=1S/C6H11ClO3/c1-2-4(6(9)10)5(8)3-7/h4-5,8H,2-3H2,1H3,(H,9,10)/t4-,5?/m1/s1. The SMILES string of the molecule is CC[C@@H](C(=O)O)C(O)CCl. The zero-order chi connectivity index (χ0) is 8.15. The maximum atomic E-state index is 10.3. The van der Waals surface area contributed by atoms with Gasteiger partial charge in [-0.05, 0) is 6.42 Å². The molecule has 1 unspecified atom stereocenters. The fourth-order valence-electron chi connectivity index (χ4n) is 0.719. The minimum Gasteiger partial charge on any atom is -0.481 e. The smallest absolute Gasteiger partial charge is 0.309 e. The van der Waals surface area contributed by atoms with Crippen LogP contribution in [0, 0.1) is 5.92 Å². The Bertz CT molecular complexity index is 116. The van der Waals surface area contributed by atoms with Gasteiger partial charge in [0.15, 0.2) is 0 Å². The molecule has 0 aliphatic rings. The van der Waals surface area contributed by atoms with E-state index < -0.39 is 18.0 Å². The third kappa shape index (κ3) is 2.54. The molecule has 10 heavy (non-hydrogen) atoms. The zero-order valence-electron chi connectivity index (χ0n) is 5.75. The van der Waals surface area contributed by atoms with Crippen molar-refractivity contribution in [3.63, 3.8) is 0 Å². The molecule has 0 spiro atoms. The van der Waals surface area contributed by atoms with Crippen LogP contribution in [-0.4, -0.2) is 28.2 Å². The van der Waals surface area contributed by atoms with Gasteiger partial charge in [0.1, 0.15) is 0 Å². The summed E-state index contributed by atoms with van der Waals surface area (Å²) in [6, 6.07) is 0. The number of aliphatic carboxylic acids is 1. The third-order valence-electron chi connectivity index (χ3n) is 1.38. The molecule has 0 aromatic rings. The lowest BCUT2D eigenvalue weighted by molar-refractivity contribution is -0.145. The van der Waals surface area contributed by atoms with Gasteiger partial charge in [0.2, 0.25) is 0 Å². The molecule has 0 fully saturated rings. The second-order valence-corrected chi connectivity index (χ2v) is 2.38. The van der Waals surface area contributed by atoms with Gasteiger partial charge in [-0.3, -0.25) is 4.79 Å². The molecule has 0 aliphatic carbocycles. The van der Waals surface area contributed by atoms with E-state index >= 15 is 0 Å². The van der Waals surface area contributed by atoms with Crippen molar-refractivity contribution in [3.8, 4) is 0 Å². The monoisotopic (exact) mass is 166 g/mol. The molecule has 0 aromatic carbocycles. The Morgan fingerprint density at radius 2 is 2.20 bits per heavy atom. The molecule has 0 saturated carbocycles. The Kier molecular flexibility index (Phi) is 4.40. The van der Waals surface area contributed by atoms with Crippen molar-refractivity contribution in [1.29, 1.82) is 0 Å². The van der Waals surface area contributed by atoms with Crippen LogP contribution in [0.25, 0.3) is 0 Å². The Balaban J connectivity index is 3.92. The van der Waals surface area contributed by atoms with Crippen LogP contribution < -0.4 is 0 Å². The molecule has 60 valence electrons. The van der Waals surface area contributed by atoms with Gasteiger partial charge in [-0.2, -0.15) is 0 Å². The molecular weight excluding hydrogens is 156 g/mol. The number of carboxylic acids is 1. The van der Waals surface area contributed by atoms with Gasteiger partial charge in [0.25, 0.3) is 0 Å². The Hall–Kier alpha value is -0.280. The highest BCUT2D eigenvalue weighted by Gasteiger charge is 2.23. The largest absolute Gasteiger partial charge is 0.481 e. The van der Waals surface area contributed by atoms with E-state index in [1.165, 1.54) is 0 Å². The first-order chi connectivity index (χ1) is 4.63. The van der Waals surface area contributed by atoms with Crippen molar-refractivity contribution < 1.29 is 15.0 Å². The van der Waals surface area contributed by atoms with Crippen molar-refractivity contribution in [3.05, 3.63) is 0 Å². The van der Waals surface area contributed by atoms with Gasteiger partial charge in [-0.25, -0.2) is 0 Å². The van der Waals surface area contributed by atoms with Crippen LogP contribution in [0.4, 0.5) is 0 Å². The summed E-state index contributed by atoms with van der Waals surface area (Å²) in [5, 5.41) is 17.4. The first-order valence-electron chi connectivity index (χ1n) is 3.10. The van der Waals surface area contributed by atoms with Gasteiger partial charge in [-0.1, -0.05) is 6.92 Å². The quantitative estimate of drug-likeness (QED) is 0.605. The lowest BCUT2D eigenvalue weighted by Gasteiger charge is -2.13. The van der Waals surface area contributed by atoms with Crippen molar-refractivity contribution in [2.24, 2.45) is 5.92 Å². The molecule has 0 aliphatic heterocycles. The predicted molar refractivity (Wildman–Crippen MR) is 38.1 cm³/mol. The molecule has 0 radical (unpaired) electrons. The number of carboxylic acid groups (broad SMARTS) is 1. The number of rotatable bonds is 4. The molecule has 0 heterocycles. The molecule has 0 bridgehead atoms. The van der Waals surface area contributed by atoms with Crippen molar-refractivity contribution >= 4 is 17.6 Å². The molecular formula is C6H11ClO3. The summed E-state index contributed by atoms with van der Waals surface area (Å²) >= 11 is 5.26. The Labute approximate surface area is 64.6 Å². The van der Waals surface area contributed by atoms with Crippen LogP contribution in [0.1, 0.15) is 13.3 Å². The Morgan fingerprint density at radius 1 is 1.70 bits per heavy atom. The highest BCUT2D eigenvalue weighted by Crippen LogP contribution is 2.09. The average Bonchev–Trinajstić information content (AvgIpc) is 1.88. The Morgan fingerprint density at radius 3 is 2.30 bits per heavy atom. The highest BCUT2D eigenvalue weighted by molar-refractivity contribution is 6.18. The maximum Gasteiger partial charge on any atom is 0.309 e. The summed E-state index contributed by atoms with van der Waals surface area (Å²) < 4.78 is 0. The number of alkyl halides is 1. The second kappa shape index (κ2) is 4.52. The summed E-state index contributed by atoms with van der Waals surface area (Å²) in [4.78, 5) is 10.3. The zero-order valence-corrected chi connectivity index (χ0v) is 6.51. The van der Waals surface area contributed by atoms with Crippen LogP contribution in [0.2, 0.25) is 0 Å². The minimum atomic E-state index is -0.990. The van der Waals surface area contributed by atoms with Crippen molar-refractivity contribution in [1.82, 2.24) is 0 Å². The normalized spacial score (nSPS) is 16.3. The van der Waals surface area contributed by atoms with Crippen molar-refractivity contribution in [2.75, 3.05) is 5.88 Å². The minimum absolute atomic E-state index is 0.0230. The molecule has 0 rings (SSSR count). The summed E-state index contributed by atoms with van der Waals surface area (Å²) in [5.41, 5.74) is 0. The topological polar surface area (TPSA) is 57.5 Å². The number of hydrogen-bond acceptors (Lipinski definition) is 2. The number of halogens is 1. The maximum absolute atomic E-state index is 10.3. The van der Waals surface area contributed by atoms with Gasteiger partial charge >= 0.3 is 5.97 Å². The summed E-state index contributed by atoms with van der Waals surface area (Å²) in [6.45, 7) is 1.70. The molecule has 3 nitrogen and oxygen atoms in total. The summed E-state index contributed by atoms with van der Waals surface area (Å²) in [7, 11) is 0. The van der Waals surface area contributed by atoms with Crippen LogP contribution >= 0.6 is 11.6 Å². The van der Waals surface area contributed by atoms with Gasteiger partial charge in [0.05, 0.1) is 12.0 Å². The van der Waals surface area contributed by atoms with Crippen LogP contribution in [0.5, 0.6) is 0 Å². The van der Waals surface area contributed by atoms with Crippen LogP contribution in [-0.2, 0) is 4.79 Å². The van der Waals surface area contributed by atoms with Gasteiger partial charge in [0, 0.05) is 5.88 Å². The molecule has 2 atom stereocenters. The van der Waals surface area contributed by atoms with E-state index in [1.807, 2.05) is 0 Å². The fraction of sp³-hybridized carbons (Fsp3) is 0.833. The van der Waals surface area contributed by atoms with E-state index in [9.17, 15) is 4.79 Å². The van der Waals surface area contributed by atoms with Gasteiger partial charge < -0.3 is 10.2 Å². The van der Waals surface area contributed by atoms with Crippen molar-refractivity contribution in [2.45, 2.75) is 19.4 Å². The highest BCUT2D eigenvalue weighted by atomic mass is 35.5. The molecule has 0 amide bonds. The molecule has 4 heteroatoms. The van der Waals surface area contributed by atoms with E-state index in [0.29, 0.717) is 6.42 Å². The van der Waals surface area contributed by atoms with E-state index in [0.717, 1.165) is 0 Å². The lowest BCUT2D eigenvalue weighted by Crippen LogP contribution is -2.28. The number of hydrogen-bond donors (Lipinski definition) is 2. The average molecular weight is 167 g/mol. The predicted octanol–water partition coefficient (Wildman–Crippen LogP) is 0.697. The number of aliphatic hydroxyl groups excluding tert-OH is 1. The van der Waals surface area contributed by atoms with E-state index in [4.69, 9.17) is 21.8 Å². The molecule has 2 N–H and O–H groups in total. The number of carbonyl (C=O) groups is 1. The third-order valence-corrected chi connectivity index (χ3v) is 1.70. The van der Waals surface area contributed by atoms with E-state index in [-0.39, 0.29) is 5.88 Å². The fourth-order valence-corrected chi connectivity index (χ4v) is 0.934. The van der Waals surface area contributed by atoms with Gasteiger partial charge in [-0.15, -0.1) is 11.6 Å². The lowest BCUT2D eigenvalue weighted by atomic mass is 10.0. The molecule has 0 saturated heterocycles. The summed E-state index contributed by atoms with van der Waals surface area (Å²) in [6.07, 6.45) is -0.521. The number of aliphatic hydroxyl groups is 1. The molecule has 0 aromatic heterocycles. The van der Waals surface area contributed by atoms with E-state index in [1.54, 1.807) is 6.92 Å². The van der Waals surface area contributed by atoms with E-state index in [2.05, 4.69) is 0 Å².